The fourth-order valence-electron chi connectivity index (χ4n) is 2.57. The number of rotatable bonds is 7. The Morgan fingerprint density at radius 2 is 1.81 bits per heavy atom. The molecule has 0 saturated carbocycles. The quantitative estimate of drug-likeness (QED) is 0.545. The number of nitro groups is 1. The zero-order valence-corrected chi connectivity index (χ0v) is 16.0. The third kappa shape index (κ3) is 4.20. The van der Waals surface area contributed by atoms with Gasteiger partial charge in [0.2, 0.25) is 10.0 Å². The van der Waals surface area contributed by atoms with Gasteiger partial charge in [-0.15, -0.1) is 0 Å². The fraction of sp³-hybridized carbons (Fsp3) is 0.333. The molecule has 1 atom stereocenters. The zero-order valence-electron chi connectivity index (χ0n) is 15.2. The van der Waals surface area contributed by atoms with E-state index in [0.717, 1.165) is 23.3 Å². The first-order valence-corrected chi connectivity index (χ1v) is 9.47. The van der Waals surface area contributed by atoms with E-state index in [9.17, 15) is 18.5 Å². The van der Waals surface area contributed by atoms with E-state index >= 15 is 0 Å². The van der Waals surface area contributed by atoms with E-state index in [-0.39, 0.29) is 22.4 Å². The van der Waals surface area contributed by atoms with E-state index in [1.165, 1.54) is 24.5 Å². The van der Waals surface area contributed by atoms with Gasteiger partial charge in [-0.05, 0) is 31.9 Å². The minimum absolute atomic E-state index is 0.0476. The molecule has 0 aliphatic heterocycles. The van der Waals surface area contributed by atoms with Crippen LogP contribution >= 0.6 is 0 Å². The zero-order chi connectivity index (χ0) is 19.5. The van der Waals surface area contributed by atoms with Crippen LogP contribution in [-0.2, 0) is 16.4 Å². The summed E-state index contributed by atoms with van der Waals surface area (Å²) in [5, 5.41) is 10.9. The van der Waals surface area contributed by atoms with Crippen molar-refractivity contribution in [3.63, 3.8) is 0 Å². The van der Waals surface area contributed by atoms with Crippen molar-refractivity contribution in [2.75, 3.05) is 14.2 Å². The predicted octanol–water partition coefficient (Wildman–Crippen LogP) is 3.16. The summed E-state index contributed by atoms with van der Waals surface area (Å²) in [4.78, 5) is 10.2. The summed E-state index contributed by atoms with van der Waals surface area (Å²) in [6.45, 7) is 3.81. The van der Waals surface area contributed by atoms with Gasteiger partial charge in [-0.25, -0.2) is 8.42 Å². The van der Waals surface area contributed by atoms with Gasteiger partial charge in [0, 0.05) is 19.2 Å². The lowest BCUT2D eigenvalue weighted by Crippen LogP contribution is -2.36. The van der Waals surface area contributed by atoms with Crippen LogP contribution in [0.25, 0.3) is 0 Å². The largest absolute Gasteiger partial charge is 0.495 e. The third-order valence-corrected chi connectivity index (χ3v) is 6.30. The highest BCUT2D eigenvalue weighted by Gasteiger charge is 2.29. The molecule has 0 fully saturated rings. The second-order valence-corrected chi connectivity index (χ2v) is 8.12. The number of likely N-dealkylation sites (N-methyl/N-ethyl adjacent to an activating group) is 1. The number of nitro benzene ring substituents is 1. The first-order chi connectivity index (χ1) is 12.2. The molecule has 2 aromatic rings. The number of benzene rings is 2. The SMILES string of the molecule is COc1cc([N+](=O)[O-])ccc1S(=O)(=O)N(C)C(C)Cc1ccc(C)cc1. The van der Waals surface area contributed by atoms with Crippen LogP contribution in [0.2, 0.25) is 0 Å². The molecular weight excluding hydrogens is 356 g/mol. The molecule has 0 spiro atoms. The maximum atomic E-state index is 13.0. The van der Waals surface area contributed by atoms with Crippen molar-refractivity contribution in [1.82, 2.24) is 4.31 Å². The van der Waals surface area contributed by atoms with Gasteiger partial charge in [0.15, 0.2) is 0 Å². The summed E-state index contributed by atoms with van der Waals surface area (Å²) >= 11 is 0. The Balaban J connectivity index is 2.30. The monoisotopic (exact) mass is 378 g/mol. The molecule has 0 radical (unpaired) electrons. The van der Waals surface area contributed by atoms with Gasteiger partial charge in [0.1, 0.15) is 10.6 Å². The van der Waals surface area contributed by atoms with Crippen molar-refractivity contribution in [3.05, 3.63) is 63.7 Å². The molecule has 2 aromatic carbocycles. The van der Waals surface area contributed by atoms with Gasteiger partial charge in [-0.1, -0.05) is 29.8 Å². The van der Waals surface area contributed by atoms with Gasteiger partial charge < -0.3 is 4.74 Å². The molecule has 0 aromatic heterocycles. The topological polar surface area (TPSA) is 89.7 Å². The van der Waals surface area contributed by atoms with Crippen LogP contribution in [-0.4, -0.2) is 37.8 Å². The third-order valence-electron chi connectivity index (χ3n) is 4.29. The second-order valence-electron chi connectivity index (χ2n) is 6.15. The number of sulfonamides is 1. The minimum atomic E-state index is -3.87. The molecule has 7 nitrogen and oxygen atoms in total. The minimum Gasteiger partial charge on any atom is -0.495 e. The van der Waals surface area contributed by atoms with Gasteiger partial charge >= 0.3 is 0 Å². The summed E-state index contributed by atoms with van der Waals surface area (Å²) in [6.07, 6.45) is 0.547. The van der Waals surface area contributed by atoms with Crippen LogP contribution in [0.1, 0.15) is 18.1 Å². The van der Waals surface area contributed by atoms with Gasteiger partial charge in [0.05, 0.1) is 18.1 Å². The van der Waals surface area contributed by atoms with E-state index in [4.69, 9.17) is 4.74 Å². The molecule has 0 aliphatic carbocycles. The molecule has 26 heavy (non-hydrogen) atoms. The lowest BCUT2D eigenvalue weighted by molar-refractivity contribution is -0.385. The molecule has 0 bridgehead atoms. The van der Waals surface area contributed by atoms with Gasteiger partial charge in [-0.2, -0.15) is 4.31 Å². The highest BCUT2D eigenvalue weighted by atomic mass is 32.2. The Morgan fingerprint density at radius 3 is 2.35 bits per heavy atom. The number of non-ortho nitro benzene ring substituents is 1. The van der Waals surface area contributed by atoms with E-state index in [1.54, 1.807) is 0 Å². The lowest BCUT2D eigenvalue weighted by atomic mass is 10.1. The lowest BCUT2D eigenvalue weighted by Gasteiger charge is -2.25. The van der Waals surface area contributed by atoms with Crippen LogP contribution in [0.15, 0.2) is 47.4 Å². The predicted molar refractivity (Wildman–Crippen MR) is 98.9 cm³/mol. The van der Waals surface area contributed by atoms with Crippen molar-refractivity contribution in [1.29, 1.82) is 0 Å². The molecule has 1 unspecified atom stereocenters. The highest BCUT2D eigenvalue weighted by Crippen LogP contribution is 2.31. The molecule has 0 heterocycles. The standard InChI is InChI=1S/C18H22N2O5S/c1-13-5-7-15(8-6-13)11-14(2)19(3)26(23,24)18-10-9-16(20(21)22)12-17(18)25-4/h5-10,12,14H,11H2,1-4H3. The normalized spacial score (nSPS) is 12.8. The Hall–Kier alpha value is -2.45. The Morgan fingerprint density at radius 1 is 1.19 bits per heavy atom. The van der Waals surface area contributed by atoms with Gasteiger partial charge in [0.25, 0.3) is 5.69 Å². The number of nitrogens with zero attached hydrogens (tertiary/aromatic N) is 2. The van der Waals surface area contributed by atoms with Crippen molar-refractivity contribution in [3.8, 4) is 5.75 Å². The molecular formula is C18H22N2O5S. The smallest absolute Gasteiger partial charge is 0.273 e. The van der Waals surface area contributed by atoms with Crippen LogP contribution in [0.3, 0.4) is 0 Å². The van der Waals surface area contributed by atoms with Crippen molar-refractivity contribution in [2.45, 2.75) is 31.2 Å². The number of ether oxygens (including phenoxy) is 1. The van der Waals surface area contributed by atoms with Crippen molar-refractivity contribution < 1.29 is 18.1 Å². The number of aryl methyl sites for hydroxylation is 1. The number of methoxy groups -OCH3 is 1. The number of hydrogen-bond acceptors (Lipinski definition) is 5. The summed E-state index contributed by atoms with van der Waals surface area (Å²) in [5.41, 5.74) is 1.94. The number of hydrogen-bond donors (Lipinski definition) is 0. The van der Waals surface area contributed by atoms with E-state index in [1.807, 2.05) is 38.1 Å². The first kappa shape index (κ1) is 19.9. The van der Waals surface area contributed by atoms with Crippen LogP contribution in [0.4, 0.5) is 5.69 Å². The summed E-state index contributed by atoms with van der Waals surface area (Å²) in [6, 6.07) is 11.1. The second kappa shape index (κ2) is 7.84. The Bertz CT molecular complexity index is 894. The van der Waals surface area contributed by atoms with E-state index in [2.05, 4.69) is 0 Å². The van der Waals surface area contributed by atoms with Crippen LogP contribution in [0.5, 0.6) is 5.75 Å². The molecule has 2 rings (SSSR count). The summed E-state index contributed by atoms with van der Waals surface area (Å²) in [5.74, 6) is -0.0476. The van der Waals surface area contributed by atoms with Crippen molar-refractivity contribution >= 4 is 15.7 Å². The van der Waals surface area contributed by atoms with Crippen LogP contribution in [0, 0.1) is 17.0 Å². The molecule has 0 saturated heterocycles. The fourth-order valence-corrected chi connectivity index (χ4v) is 4.06. The molecule has 8 heteroatoms. The van der Waals surface area contributed by atoms with Crippen LogP contribution < -0.4 is 4.74 Å². The maximum absolute atomic E-state index is 13.0. The summed E-state index contributed by atoms with van der Waals surface area (Å²) in [7, 11) is -1.09. The Kier molecular flexibility index (Phi) is 5.99. The molecule has 0 aliphatic rings. The van der Waals surface area contributed by atoms with Gasteiger partial charge in [-0.3, -0.25) is 10.1 Å². The average molecular weight is 378 g/mol. The Labute approximate surface area is 153 Å². The molecule has 140 valence electrons. The molecule has 0 N–H and O–H groups in total. The van der Waals surface area contributed by atoms with E-state index in [0.29, 0.717) is 6.42 Å². The summed E-state index contributed by atoms with van der Waals surface area (Å²) < 4.78 is 32.2. The van der Waals surface area contributed by atoms with Crippen molar-refractivity contribution in [2.24, 2.45) is 0 Å². The highest BCUT2D eigenvalue weighted by molar-refractivity contribution is 7.89. The average Bonchev–Trinajstić information content (AvgIpc) is 2.62. The first-order valence-electron chi connectivity index (χ1n) is 8.03. The molecule has 0 amide bonds. The van der Waals surface area contributed by atoms with E-state index < -0.39 is 14.9 Å². The maximum Gasteiger partial charge on any atom is 0.273 e.